The largest absolute Gasteiger partial charge is 0.399 e. The van der Waals surface area contributed by atoms with Gasteiger partial charge in [0.25, 0.3) is 0 Å². The fourth-order valence-electron chi connectivity index (χ4n) is 1.91. The van der Waals surface area contributed by atoms with Crippen LogP contribution in [0.15, 0.2) is 24.3 Å². The van der Waals surface area contributed by atoms with Gasteiger partial charge in [0.05, 0.1) is 11.6 Å². The zero-order valence-corrected chi connectivity index (χ0v) is 10.4. The summed E-state index contributed by atoms with van der Waals surface area (Å²) in [5, 5.41) is 14.7. The molecule has 0 aliphatic heterocycles. The first-order chi connectivity index (χ1) is 8.52. The lowest BCUT2D eigenvalue weighted by molar-refractivity contribution is 0.186. The van der Waals surface area contributed by atoms with Gasteiger partial charge in [-0.2, -0.15) is 0 Å². The summed E-state index contributed by atoms with van der Waals surface area (Å²) < 4.78 is 0. The Morgan fingerprint density at radius 1 is 1.44 bits per heavy atom. The molecule has 1 atom stereocenters. The molecule has 0 spiro atoms. The van der Waals surface area contributed by atoms with E-state index in [1.807, 2.05) is 24.3 Å². The third-order valence-electron chi connectivity index (χ3n) is 3.12. The van der Waals surface area contributed by atoms with Crippen molar-refractivity contribution in [1.29, 1.82) is 0 Å². The van der Waals surface area contributed by atoms with Gasteiger partial charge in [-0.15, -0.1) is 0 Å². The molecule has 1 unspecified atom stereocenters. The molecule has 1 aliphatic rings. The van der Waals surface area contributed by atoms with Crippen LogP contribution in [0.5, 0.6) is 0 Å². The number of nitrogens with one attached hydrogen (secondary N) is 2. The van der Waals surface area contributed by atoms with E-state index in [0.29, 0.717) is 5.69 Å². The number of hydrogen-bond donors (Lipinski definition) is 4. The Kier molecular flexibility index (Phi) is 3.43. The third-order valence-corrected chi connectivity index (χ3v) is 3.12. The van der Waals surface area contributed by atoms with Crippen molar-refractivity contribution in [3.8, 4) is 0 Å². The average molecular weight is 249 g/mol. The van der Waals surface area contributed by atoms with Crippen LogP contribution in [0.25, 0.3) is 0 Å². The molecule has 2 amide bonds. The van der Waals surface area contributed by atoms with Crippen LogP contribution < -0.4 is 16.4 Å². The van der Waals surface area contributed by atoms with Crippen LogP contribution >= 0.6 is 0 Å². The Morgan fingerprint density at radius 2 is 2.06 bits per heavy atom. The number of hydrogen-bond acceptors (Lipinski definition) is 3. The number of urea groups is 1. The lowest BCUT2D eigenvalue weighted by atomic mass is 10.0. The van der Waals surface area contributed by atoms with Crippen LogP contribution in [-0.2, 0) is 5.54 Å². The maximum absolute atomic E-state index is 11.7. The van der Waals surface area contributed by atoms with Crippen molar-refractivity contribution in [1.82, 2.24) is 10.6 Å². The Morgan fingerprint density at radius 3 is 2.56 bits per heavy atom. The van der Waals surface area contributed by atoms with Crippen molar-refractivity contribution in [2.24, 2.45) is 0 Å². The monoisotopic (exact) mass is 249 g/mol. The van der Waals surface area contributed by atoms with Gasteiger partial charge < -0.3 is 21.5 Å². The van der Waals surface area contributed by atoms with Gasteiger partial charge in [-0.3, -0.25) is 0 Å². The molecule has 1 saturated carbocycles. The van der Waals surface area contributed by atoms with E-state index in [2.05, 4.69) is 10.6 Å². The smallest absolute Gasteiger partial charge is 0.315 e. The molecule has 0 heterocycles. The van der Waals surface area contributed by atoms with E-state index >= 15 is 0 Å². The van der Waals surface area contributed by atoms with Crippen LogP contribution in [0, 0.1) is 0 Å². The van der Waals surface area contributed by atoms with Gasteiger partial charge in [-0.25, -0.2) is 4.79 Å². The van der Waals surface area contributed by atoms with E-state index in [9.17, 15) is 4.79 Å². The summed E-state index contributed by atoms with van der Waals surface area (Å²) in [6.45, 7) is 1.89. The van der Waals surface area contributed by atoms with E-state index in [4.69, 9.17) is 10.8 Å². The number of aliphatic hydroxyl groups is 1. The predicted octanol–water partition coefficient (Wildman–Crippen LogP) is 0.938. The van der Waals surface area contributed by atoms with Gasteiger partial charge in [-0.05, 0) is 37.5 Å². The van der Waals surface area contributed by atoms with Crippen molar-refractivity contribution in [2.45, 2.75) is 31.4 Å². The highest BCUT2D eigenvalue weighted by molar-refractivity contribution is 5.75. The van der Waals surface area contributed by atoms with Crippen LogP contribution in [0.2, 0.25) is 0 Å². The minimum atomic E-state index is -0.539. The molecule has 1 aromatic carbocycles. The standard InChI is InChI=1S/C13H19N3O2/c1-9(17)8-15-12(18)16-13(6-7-13)10-2-4-11(14)5-3-10/h2-5,9,17H,6-8,14H2,1H3,(H2,15,16,18). The highest BCUT2D eigenvalue weighted by Crippen LogP contribution is 2.45. The molecule has 5 nitrogen and oxygen atoms in total. The molecule has 2 rings (SSSR count). The summed E-state index contributed by atoms with van der Waals surface area (Å²) >= 11 is 0. The van der Waals surface area contributed by atoms with Crippen molar-refractivity contribution < 1.29 is 9.90 Å². The summed E-state index contributed by atoms with van der Waals surface area (Å²) in [4.78, 5) is 11.7. The third kappa shape index (κ3) is 2.92. The summed E-state index contributed by atoms with van der Waals surface area (Å²) in [5.74, 6) is 0. The van der Waals surface area contributed by atoms with E-state index in [1.54, 1.807) is 6.92 Å². The van der Waals surface area contributed by atoms with Gasteiger partial charge in [0.1, 0.15) is 0 Å². The molecule has 1 fully saturated rings. The molecule has 1 aromatic rings. The predicted molar refractivity (Wildman–Crippen MR) is 70.0 cm³/mol. The zero-order chi connectivity index (χ0) is 13.2. The average Bonchev–Trinajstić information content (AvgIpc) is 3.08. The molecule has 5 N–H and O–H groups in total. The maximum Gasteiger partial charge on any atom is 0.315 e. The number of carbonyl (C=O) groups excluding carboxylic acids is 1. The molecule has 98 valence electrons. The molecule has 18 heavy (non-hydrogen) atoms. The first kappa shape index (κ1) is 12.7. The molecular weight excluding hydrogens is 230 g/mol. The first-order valence-corrected chi connectivity index (χ1v) is 6.12. The number of anilines is 1. The van der Waals surface area contributed by atoms with E-state index in [1.165, 1.54) is 0 Å². The van der Waals surface area contributed by atoms with Crippen LogP contribution in [0.4, 0.5) is 10.5 Å². The normalized spacial score (nSPS) is 17.9. The van der Waals surface area contributed by atoms with E-state index < -0.39 is 6.10 Å². The molecule has 0 aromatic heterocycles. The highest BCUT2D eigenvalue weighted by Gasteiger charge is 2.45. The Hall–Kier alpha value is -1.75. The van der Waals surface area contributed by atoms with Gasteiger partial charge in [0.15, 0.2) is 0 Å². The second kappa shape index (κ2) is 4.86. The molecule has 0 radical (unpaired) electrons. The number of rotatable bonds is 4. The van der Waals surface area contributed by atoms with Crippen molar-refractivity contribution in [2.75, 3.05) is 12.3 Å². The van der Waals surface area contributed by atoms with Gasteiger partial charge in [0.2, 0.25) is 0 Å². The van der Waals surface area contributed by atoms with E-state index in [-0.39, 0.29) is 18.1 Å². The minimum absolute atomic E-state index is 0.245. The molecule has 0 saturated heterocycles. The fraction of sp³-hybridized carbons (Fsp3) is 0.462. The second-order valence-electron chi connectivity index (χ2n) is 4.89. The maximum atomic E-state index is 11.7. The number of nitrogen functional groups attached to an aromatic ring is 1. The van der Waals surface area contributed by atoms with Crippen molar-refractivity contribution in [3.63, 3.8) is 0 Å². The van der Waals surface area contributed by atoms with Crippen LogP contribution in [0.1, 0.15) is 25.3 Å². The lowest BCUT2D eigenvalue weighted by Crippen LogP contribution is -2.44. The summed E-state index contributed by atoms with van der Waals surface area (Å²) in [5.41, 5.74) is 7.18. The van der Waals surface area contributed by atoms with Gasteiger partial charge >= 0.3 is 6.03 Å². The van der Waals surface area contributed by atoms with Gasteiger partial charge in [0, 0.05) is 12.2 Å². The van der Waals surface area contributed by atoms with Crippen molar-refractivity contribution >= 4 is 11.7 Å². The highest BCUT2D eigenvalue weighted by atomic mass is 16.3. The van der Waals surface area contributed by atoms with Crippen molar-refractivity contribution in [3.05, 3.63) is 29.8 Å². The Bertz CT molecular complexity index is 424. The summed E-state index contributed by atoms with van der Waals surface area (Å²) in [7, 11) is 0. The number of carbonyl (C=O) groups is 1. The van der Waals surface area contributed by atoms with Crippen LogP contribution in [0.3, 0.4) is 0 Å². The number of aliphatic hydroxyl groups excluding tert-OH is 1. The SMILES string of the molecule is CC(O)CNC(=O)NC1(c2ccc(N)cc2)CC1. The van der Waals surface area contributed by atoms with Gasteiger partial charge in [-0.1, -0.05) is 12.1 Å². The topological polar surface area (TPSA) is 87.4 Å². The zero-order valence-electron chi connectivity index (χ0n) is 10.4. The number of amides is 2. The molecule has 1 aliphatic carbocycles. The summed E-state index contributed by atoms with van der Waals surface area (Å²) in [6.07, 6.45) is 1.32. The first-order valence-electron chi connectivity index (χ1n) is 6.12. The molecule has 0 bridgehead atoms. The van der Waals surface area contributed by atoms with Crippen LogP contribution in [-0.4, -0.2) is 23.8 Å². The molecule has 5 heteroatoms. The fourth-order valence-corrected chi connectivity index (χ4v) is 1.91. The Labute approximate surface area is 106 Å². The quantitative estimate of drug-likeness (QED) is 0.599. The van der Waals surface area contributed by atoms with E-state index in [0.717, 1.165) is 18.4 Å². The Balaban J connectivity index is 1.96. The lowest BCUT2D eigenvalue weighted by Gasteiger charge is -2.19. The molecular formula is C13H19N3O2. The summed E-state index contributed by atoms with van der Waals surface area (Å²) in [6, 6.07) is 7.31. The minimum Gasteiger partial charge on any atom is -0.399 e. The number of nitrogens with two attached hydrogens (primary N) is 1. The number of benzene rings is 1. The second-order valence-corrected chi connectivity index (χ2v) is 4.89.